The third-order valence-corrected chi connectivity index (χ3v) is 4.55. The summed E-state index contributed by atoms with van der Waals surface area (Å²) in [7, 11) is 0. The number of hydrogen-bond acceptors (Lipinski definition) is 5. The number of nitrogens with zero attached hydrogens (tertiary/aromatic N) is 1. The van der Waals surface area contributed by atoms with Crippen molar-refractivity contribution in [3.8, 4) is 5.75 Å². The molecule has 0 aromatic heterocycles. The van der Waals surface area contributed by atoms with Gasteiger partial charge in [0.05, 0.1) is 6.61 Å². The fraction of sp³-hybridized carbons (Fsp3) is 0.222. The lowest BCUT2D eigenvalue weighted by Crippen LogP contribution is -2.20. The lowest BCUT2D eigenvalue weighted by Gasteiger charge is -2.09. The molecule has 3 rings (SSSR count). The Hall–Kier alpha value is -2.27. The summed E-state index contributed by atoms with van der Waals surface area (Å²) in [5, 5.41) is 5.23. The molecule has 1 heterocycles. The maximum Gasteiger partial charge on any atom is 0.165 e. The van der Waals surface area contributed by atoms with Crippen LogP contribution in [0.5, 0.6) is 5.75 Å². The van der Waals surface area contributed by atoms with Crippen LogP contribution in [0.15, 0.2) is 59.7 Å². The Bertz CT molecular complexity index is 699. The first-order chi connectivity index (χ1) is 11.3. The van der Waals surface area contributed by atoms with Crippen LogP contribution in [-0.4, -0.2) is 22.8 Å². The highest BCUT2D eigenvalue weighted by Crippen LogP contribution is 2.26. The highest BCUT2D eigenvalue weighted by Gasteiger charge is 2.23. The van der Waals surface area contributed by atoms with Crippen LogP contribution in [0.25, 0.3) is 0 Å². The highest BCUT2D eigenvalue weighted by molar-refractivity contribution is 8.15. The number of carbonyl (C=O) groups is 1. The number of thioether (sulfide) groups is 1. The average molecular weight is 326 g/mol. The number of hydrogen-bond donors (Lipinski definition) is 1. The summed E-state index contributed by atoms with van der Waals surface area (Å²) in [5.74, 6) is 0.884. The first kappa shape index (κ1) is 15.6. The van der Waals surface area contributed by atoms with E-state index in [0.717, 1.165) is 16.4 Å². The van der Waals surface area contributed by atoms with Crippen LogP contribution >= 0.6 is 11.8 Å². The van der Waals surface area contributed by atoms with Crippen LogP contribution < -0.4 is 10.2 Å². The summed E-state index contributed by atoms with van der Waals surface area (Å²) in [4.78, 5) is 12.4. The Balaban J connectivity index is 1.57. The van der Waals surface area contributed by atoms with Gasteiger partial charge < -0.3 is 4.74 Å². The van der Waals surface area contributed by atoms with Crippen molar-refractivity contribution in [2.45, 2.75) is 18.7 Å². The van der Waals surface area contributed by atoms with Gasteiger partial charge in [0.25, 0.3) is 0 Å². The quantitative estimate of drug-likeness (QED) is 0.823. The van der Waals surface area contributed by atoms with E-state index in [1.54, 1.807) is 11.8 Å². The molecule has 2 aromatic carbocycles. The monoisotopic (exact) mass is 326 g/mol. The Morgan fingerprint density at radius 2 is 1.91 bits per heavy atom. The van der Waals surface area contributed by atoms with E-state index in [1.807, 2.05) is 61.5 Å². The summed E-state index contributed by atoms with van der Waals surface area (Å²) in [6, 6.07) is 17.3. The molecule has 0 amide bonds. The van der Waals surface area contributed by atoms with Gasteiger partial charge in [0.15, 0.2) is 5.78 Å². The Morgan fingerprint density at radius 3 is 2.61 bits per heavy atom. The molecule has 0 spiro atoms. The number of ketones is 1. The van der Waals surface area contributed by atoms with Crippen molar-refractivity contribution in [1.82, 2.24) is 5.43 Å². The van der Waals surface area contributed by atoms with Crippen LogP contribution in [-0.2, 0) is 0 Å². The van der Waals surface area contributed by atoms with Gasteiger partial charge in [-0.15, -0.1) is 0 Å². The fourth-order valence-electron chi connectivity index (χ4n) is 2.31. The molecule has 23 heavy (non-hydrogen) atoms. The smallest absolute Gasteiger partial charge is 0.165 e. The SMILES string of the molecule is CCOc1ccc(C(=O)C[C@H]2NN=C(c3ccccc3)S2)cc1. The average Bonchev–Trinajstić information content (AvgIpc) is 3.05. The van der Waals surface area contributed by atoms with E-state index < -0.39 is 0 Å². The molecule has 1 N–H and O–H groups in total. The van der Waals surface area contributed by atoms with E-state index in [1.165, 1.54) is 0 Å². The minimum Gasteiger partial charge on any atom is -0.494 e. The second kappa shape index (κ2) is 7.33. The summed E-state index contributed by atoms with van der Waals surface area (Å²) in [6.45, 7) is 2.56. The van der Waals surface area contributed by atoms with Crippen molar-refractivity contribution in [3.63, 3.8) is 0 Å². The van der Waals surface area contributed by atoms with E-state index in [9.17, 15) is 4.79 Å². The zero-order valence-corrected chi connectivity index (χ0v) is 13.7. The molecule has 118 valence electrons. The minimum absolute atomic E-state index is 0.0238. The van der Waals surface area contributed by atoms with Crippen LogP contribution in [0, 0.1) is 0 Å². The summed E-state index contributed by atoms with van der Waals surface area (Å²) in [5.41, 5.74) is 4.81. The molecule has 0 fully saturated rings. The number of hydrazone groups is 1. The maximum absolute atomic E-state index is 12.4. The lowest BCUT2D eigenvalue weighted by atomic mass is 10.1. The van der Waals surface area contributed by atoms with Crippen molar-refractivity contribution in [2.24, 2.45) is 5.10 Å². The van der Waals surface area contributed by atoms with Gasteiger partial charge in [-0.1, -0.05) is 42.1 Å². The van der Waals surface area contributed by atoms with Gasteiger partial charge in [-0.25, -0.2) is 0 Å². The molecule has 0 saturated carbocycles. The number of Topliss-reactive ketones (excluding diaryl/α,β-unsaturated/α-hetero) is 1. The van der Waals surface area contributed by atoms with Crippen LogP contribution in [0.3, 0.4) is 0 Å². The second-order valence-electron chi connectivity index (χ2n) is 5.10. The van der Waals surface area contributed by atoms with Gasteiger partial charge in [0.2, 0.25) is 0 Å². The molecule has 0 bridgehead atoms. The molecule has 2 aromatic rings. The van der Waals surface area contributed by atoms with Crippen molar-refractivity contribution in [1.29, 1.82) is 0 Å². The molecule has 1 aliphatic heterocycles. The molecule has 0 saturated heterocycles. The summed E-state index contributed by atoms with van der Waals surface area (Å²) in [6.07, 6.45) is 0.401. The Labute approximate surface area is 139 Å². The summed E-state index contributed by atoms with van der Waals surface area (Å²) >= 11 is 1.59. The number of rotatable bonds is 6. The second-order valence-corrected chi connectivity index (χ2v) is 6.29. The van der Waals surface area contributed by atoms with E-state index in [4.69, 9.17) is 4.74 Å². The van der Waals surface area contributed by atoms with E-state index in [-0.39, 0.29) is 11.2 Å². The molecule has 5 heteroatoms. The van der Waals surface area contributed by atoms with Crippen LogP contribution in [0.1, 0.15) is 29.3 Å². The topological polar surface area (TPSA) is 50.7 Å². The minimum atomic E-state index is -0.0238. The standard InChI is InChI=1S/C18H18N2O2S/c1-2-22-15-10-8-13(9-11-15)16(21)12-17-19-20-18(23-17)14-6-4-3-5-7-14/h3-11,17,19H,2,12H2,1H3/t17-/m0/s1. The largest absolute Gasteiger partial charge is 0.494 e. The molecule has 0 unspecified atom stereocenters. The van der Waals surface area contributed by atoms with Crippen molar-refractivity contribution in [2.75, 3.05) is 6.61 Å². The Morgan fingerprint density at radius 1 is 1.17 bits per heavy atom. The highest BCUT2D eigenvalue weighted by atomic mass is 32.2. The normalized spacial score (nSPS) is 16.6. The molecule has 1 aliphatic rings. The van der Waals surface area contributed by atoms with Crippen molar-refractivity contribution < 1.29 is 9.53 Å². The van der Waals surface area contributed by atoms with Gasteiger partial charge >= 0.3 is 0 Å². The zero-order chi connectivity index (χ0) is 16.1. The number of ether oxygens (including phenoxy) is 1. The molecular formula is C18H18N2O2S. The van der Waals surface area contributed by atoms with Crippen molar-refractivity contribution >= 4 is 22.6 Å². The molecule has 0 radical (unpaired) electrons. The first-order valence-corrected chi connectivity index (χ1v) is 8.45. The number of carbonyl (C=O) groups excluding carboxylic acids is 1. The predicted octanol–water partition coefficient (Wildman–Crippen LogP) is 3.68. The molecule has 4 nitrogen and oxygen atoms in total. The van der Waals surface area contributed by atoms with Gasteiger partial charge in [0.1, 0.15) is 16.2 Å². The third-order valence-electron chi connectivity index (χ3n) is 3.44. The Kier molecular flexibility index (Phi) is 4.98. The van der Waals surface area contributed by atoms with Gasteiger partial charge in [-0.3, -0.25) is 10.2 Å². The first-order valence-electron chi connectivity index (χ1n) is 7.57. The maximum atomic E-state index is 12.4. The van der Waals surface area contributed by atoms with E-state index in [0.29, 0.717) is 18.6 Å². The van der Waals surface area contributed by atoms with Gasteiger partial charge in [0, 0.05) is 17.5 Å². The fourth-order valence-corrected chi connectivity index (χ4v) is 3.30. The molecular weight excluding hydrogens is 308 g/mol. The van der Waals surface area contributed by atoms with Crippen LogP contribution in [0.2, 0.25) is 0 Å². The van der Waals surface area contributed by atoms with Gasteiger partial charge in [-0.2, -0.15) is 5.10 Å². The van der Waals surface area contributed by atoms with Gasteiger partial charge in [-0.05, 0) is 31.2 Å². The predicted molar refractivity (Wildman–Crippen MR) is 94.1 cm³/mol. The third kappa shape index (κ3) is 3.93. The van der Waals surface area contributed by atoms with Crippen molar-refractivity contribution in [3.05, 3.63) is 65.7 Å². The molecule has 0 aliphatic carbocycles. The number of nitrogens with one attached hydrogen (secondary N) is 1. The zero-order valence-electron chi connectivity index (χ0n) is 12.9. The number of benzene rings is 2. The van der Waals surface area contributed by atoms with Crippen LogP contribution in [0.4, 0.5) is 0 Å². The molecule has 1 atom stereocenters. The lowest BCUT2D eigenvalue weighted by molar-refractivity contribution is 0.0979. The van der Waals surface area contributed by atoms with E-state index >= 15 is 0 Å². The summed E-state index contributed by atoms with van der Waals surface area (Å²) < 4.78 is 5.39. The van der Waals surface area contributed by atoms with E-state index in [2.05, 4.69) is 10.5 Å².